The molecule has 0 radical (unpaired) electrons. The summed E-state index contributed by atoms with van der Waals surface area (Å²) in [7, 11) is 0. The molecule has 0 aliphatic heterocycles. The fourth-order valence-electron chi connectivity index (χ4n) is 1.16. The van der Waals surface area contributed by atoms with Gasteiger partial charge in [-0.1, -0.05) is 25.6 Å². The highest BCUT2D eigenvalue weighted by atomic mass is 32.1. The van der Waals surface area contributed by atoms with Crippen molar-refractivity contribution < 1.29 is 9.47 Å². The van der Waals surface area contributed by atoms with Crippen LogP contribution in [0, 0.1) is 0 Å². The lowest BCUT2D eigenvalue weighted by Gasteiger charge is -2.08. The van der Waals surface area contributed by atoms with Crippen LogP contribution in [-0.2, 0) is 4.74 Å². The molecule has 1 heterocycles. The van der Waals surface area contributed by atoms with Crippen molar-refractivity contribution >= 4 is 17.2 Å². The van der Waals surface area contributed by atoms with E-state index >= 15 is 0 Å². The maximum Gasteiger partial charge on any atom is 0.243 e. The maximum absolute atomic E-state index is 5.54. The van der Waals surface area contributed by atoms with Crippen LogP contribution in [0.2, 0.25) is 0 Å². The zero-order chi connectivity index (χ0) is 12.5. The summed E-state index contributed by atoms with van der Waals surface area (Å²) in [6, 6.07) is 1.68. The van der Waals surface area contributed by atoms with E-state index in [1.165, 1.54) is 6.20 Å². The van der Waals surface area contributed by atoms with Crippen LogP contribution in [0.3, 0.4) is 0 Å². The molecule has 0 atom stereocenters. The third-order valence-corrected chi connectivity index (χ3v) is 2.28. The lowest BCUT2D eigenvalue weighted by atomic mass is 10.3. The smallest absolute Gasteiger partial charge is 0.243 e. The van der Waals surface area contributed by atoms with Gasteiger partial charge in [0.2, 0.25) is 5.88 Å². The van der Waals surface area contributed by atoms with Gasteiger partial charge < -0.3 is 15.2 Å². The second kappa shape index (κ2) is 7.92. The molecule has 1 rings (SSSR count). The Kier molecular flexibility index (Phi) is 6.42. The second-order valence-corrected chi connectivity index (χ2v) is 3.87. The van der Waals surface area contributed by atoms with Crippen LogP contribution in [0.15, 0.2) is 12.3 Å². The zero-order valence-corrected chi connectivity index (χ0v) is 10.7. The van der Waals surface area contributed by atoms with Crippen LogP contribution in [-0.4, -0.2) is 35.0 Å². The van der Waals surface area contributed by atoms with Gasteiger partial charge in [-0.05, 0) is 12.5 Å². The first-order valence-corrected chi connectivity index (χ1v) is 5.98. The van der Waals surface area contributed by atoms with E-state index in [-0.39, 0.29) is 4.99 Å². The van der Waals surface area contributed by atoms with Crippen LogP contribution in [0.25, 0.3) is 0 Å². The number of unbranched alkanes of at least 4 members (excludes halogenated alkanes) is 1. The Hall–Kier alpha value is -1.27. The first-order valence-electron chi connectivity index (χ1n) is 5.57. The van der Waals surface area contributed by atoms with E-state index < -0.39 is 0 Å². The van der Waals surface area contributed by atoms with Crippen LogP contribution >= 0.6 is 12.2 Å². The predicted molar refractivity (Wildman–Crippen MR) is 69.1 cm³/mol. The van der Waals surface area contributed by atoms with E-state index in [1.54, 1.807) is 6.07 Å². The van der Waals surface area contributed by atoms with E-state index in [0.29, 0.717) is 24.7 Å². The number of ether oxygens (including phenoxy) is 2. The Morgan fingerprint density at radius 2 is 2.24 bits per heavy atom. The summed E-state index contributed by atoms with van der Waals surface area (Å²) >= 11 is 4.88. The lowest BCUT2D eigenvalue weighted by molar-refractivity contribution is 0.0961. The monoisotopic (exact) mass is 255 g/mol. The minimum atomic E-state index is 0.252. The van der Waals surface area contributed by atoms with Gasteiger partial charge in [-0.25, -0.2) is 0 Å². The second-order valence-electron chi connectivity index (χ2n) is 3.43. The van der Waals surface area contributed by atoms with Crippen LogP contribution < -0.4 is 10.5 Å². The largest absolute Gasteiger partial charge is 0.474 e. The molecular formula is C11H17N3O2S. The summed E-state index contributed by atoms with van der Waals surface area (Å²) in [6.45, 7) is 3.81. The van der Waals surface area contributed by atoms with E-state index in [9.17, 15) is 0 Å². The Balaban J connectivity index is 2.34. The van der Waals surface area contributed by atoms with Gasteiger partial charge in [0.15, 0.2) is 0 Å². The fraction of sp³-hybridized carbons (Fsp3) is 0.545. The van der Waals surface area contributed by atoms with Gasteiger partial charge in [0.25, 0.3) is 0 Å². The van der Waals surface area contributed by atoms with Crippen molar-refractivity contribution in [3.05, 3.63) is 17.8 Å². The molecule has 0 aliphatic carbocycles. The Labute approximate surface area is 106 Å². The summed E-state index contributed by atoms with van der Waals surface area (Å²) in [5, 5.41) is 7.56. The molecule has 0 spiro atoms. The van der Waals surface area contributed by atoms with Gasteiger partial charge in [-0.2, -0.15) is 5.10 Å². The van der Waals surface area contributed by atoms with Crippen LogP contribution in [0.1, 0.15) is 25.3 Å². The van der Waals surface area contributed by atoms with Crippen molar-refractivity contribution in [2.24, 2.45) is 5.73 Å². The Morgan fingerprint density at radius 1 is 1.41 bits per heavy atom. The molecule has 0 amide bonds. The third-order valence-electron chi connectivity index (χ3n) is 2.06. The predicted octanol–water partition coefficient (Wildman–Crippen LogP) is 1.31. The van der Waals surface area contributed by atoms with Crippen LogP contribution in [0.4, 0.5) is 0 Å². The van der Waals surface area contributed by atoms with Crippen LogP contribution in [0.5, 0.6) is 5.88 Å². The van der Waals surface area contributed by atoms with Gasteiger partial charge in [-0.15, -0.1) is 5.10 Å². The maximum atomic E-state index is 5.54. The summed E-state index contributed by atoms with van der Waals surface area (Å²) in [5.41, 5.74) is 6.14. The molecule has 5 nitrogen and oxygen atoms in total. The molecule has 1 aromatic rings. The molecule has 2 N–H and O–H groups in total. The number of aromatic nitrogens is 2. The van der Waals surface area contributed by atoms with Gasteiger partial charge >= 0.3 is 0 Å². The van der Waals surface area contributed by atoms with Gasteiger partial charge in [-0.3, -0.25) is 0 Å². The standard InChI is InChI=1S/C11H17N3O2S/c1-2-3-6-15-7-8-16-11-9(10(12)17)4-5-13-14-11/h4-5H,2-3,6-8H2,1H3,(H2,12,17). The summed E-state index contributed by atoms with van der Waals surface area (Å²) in [6.07, 6.45) is 3.71. The number of hydrogen-bond acceptors (Lipinski definition) is 5. The summed E-state index contributed by atoms with van der Waals surface area (Å²) in [4.78, 5) is 0.252. The summed E-state index contributed by atoms with van der Waals surface area (Å²) in [5.74, 6) is 0.360. The van der Waals surface area contributed by atoms with Gasteiger partial charge in [0.05, 0.1) is 18.4 Å². The van der Waals surface area contributed by atoms with Crippen molar-refractivity contribution in [1.29, 1.82) is 0 Å². The van der Waals surface area contributed by atoms with Gasteiger partial charge in [0.1, 0.15) is 11.6 Å². The molecule has 6 heteroatoms. The van der Waals surface area contributed by atoms with Crippen molar-refractivity contribution in [3.63, 3.8) is 0 Å². The molecule has 1 aromatic heterocycles. The molecule has 0 aromatic carbocycles. The molecule has 0 saturated carbocycles. The Bertz CT molecular complexity index is 360. The van der Waals surface area contributed by atoms with Crippen molar-refractivity contribution in [2.45, 2.75) is 19.8 Å². The first kappa shape index (κ1) is 13.8. The highest BCUT2D eigenvalue weighted by molar-refractivity contribution is 7.80. The topological polar surface area (TPSA) is 70.3 Å². The average Bonchev–Trinajstić information content (AvgIpc) is 2.34. The van der Waals surface area contributed by atoms with Gasteiger partial charge in [0, 0.05) is 6.61 Å². The number of rotatable bonds is 8. The molecule has 0 bridgehead atoms. The van der Waals surface area contributed by atoms with Crippen molar-refractivity contribution in [1.82, 2.24) is 10.2 Å². The quantitative estimate of drug-likeness (QED) is 0.558. The first-order chi connectivity index (χ1) is 8.25. The van der Waals surface area contributed by atoms with E-state index in [2.05, 4.69) is 17.1 Å². The SMILES string of the molecule is CCCCOCCOc1nnccc1C(N)=S. The molecule has 0 fully saturated rings. The number of hydrogen-bond donors (Lipinski definition) is 1. The summed E-state index contributed by atoms with van der Waals surface area (Å²) < 4.78 is 10.8. The average molecular weight is 255 g/mol. The zero-order valence-electron chi connectivity index (χ0n) is 9.89. The molecule has 17 heavy (non-hydrogen) atoms. The van der Waals surface area contributed by atoms with E-state index in [1.807, 2.05) is 0 Å². The Morgan fingerprint density at radius 3 is 2.94 bits per heavy atom. The van der Waals surface area contributed by atoms with E-state index in [0.717, 1.165) is 19.4 Å². The lowest BCUT2D eigenvalue weighted by Crippen LogP contribution is -2.15. The highest BCUT2D eigenvalue weighted by Gasteiger charge is 2.07. The van der Waals surface area contributed by atoms with E-state index in [4.69, 9.17) is 27.4 Å². The molecular weight excluding hydrogens is 238 g/mol. The fourth-order valence-corrected chi connectivity index (χ4v) is 1.31. The van der Waals surface area contributed by atoms with Crippen molar-refractivity contribution in [2.75, 3.05) is 19.8 Å². The number of nitrogens with two attached hydrogens (primary N) is 1. The molecule has 0 unspecified atom stereocenters. The highest BCUT2D eigenvalue weighted by Crippen LogP contribution is 2.12. The molecule has 0 aliphatic rings. The normalized spacial score (nSPS) is 10.2. The number of nitrogens with zero attached hydrogens (tertiary/aromatic N) is 2. The number of thiocarbonyl (C=S) groups is 1. The molecule has 94 valence electrons. The minimum Gasteiger partial charge on any atom is -0.474 e. The minimum absolute atomic E-state index is 0.252. The third kappa shape index (κ3) is 5.06. The van der Waals surface area contributed by atoms with Crippen molar-refractivity contribution in [3.8, 4) is 5.88 Å². The molecule has 0 saturated heterocycles.